The van der Waals surface area contributed by atoms with Crippen LogP contribution in [0.5, 0.6) is 0 Å². The highest BCUT2D eigenvalue weighted by Gasteiger charge is 2.31. The largest absolute Gasteiger partial charge is 0.294 e. The molecule has 0 N–H and O–H groups in total. The average molecular weight is 305 g/mol. The minimum absolute atomic E-state index is 0.0201. The monoisotopic (exact) mass is 305 g/mol. The highest BCUT2D eigenvalue weighted by Crippen LogP contribution is 2.30. The minimum Gasteiger partial charge on any atom is -0.294 e. The molecular weight excluding hydrogens is 290 g/mol. The second-order valence-corrected chi connectivity index (χ2v) is 6.72. The Labute approximate surface area is 123 Å². The van der Waals surface area contributed by atoms with Crippen LogP contribution in [0.15, 0.2) is 41.6 Å². The normalized spacial score (nSPS) is 15.7. The molecule has 110 valence electrons. The van der Waals surface area contributed by atoms with Crippen LogP contribution < -0.4 is 4.31 Å². The Morgan fingerprint density at radius 3 is 2.67 bits per heavy atom. The molecule has 2 aromatic rings. The Morgan fingerprint density at radius 1 is 1.19 bits per heavy atom. The van der Waals surface area contributed by atoms with Crippen LogP contribution in [0, 0.1) is 0 Å². The van der Waals surface area contributed by atoms with Crippen molar-refractivity contribution in [3.05, 3.63) is 42.1 Å². The molecule has 0 radical (unpaired) electrons. The third-order valence-electron chi connectivity index (χ3n) is 3.57. The van der Waals surface area contributed by atoms with E-state index in [2.05, 4.69) is 5.10 Å². The van der Waals surface area contributed by atoms with E-state index in [4.69, 9.17) is 0 Å². The number of fused-ring (bicyclic) bond motifs is 1. The molecule has 2 heterocycles. The van der Waals surface area contributed by atoms with Crippen molar-refractivity contribution in [1.29, 1.82) is 0 Å². The number of carbonyl (C=O) groups is 1. The van der Waals surface area contributed by atoms with Gasteiger partial charge in [0.15, 0.2) is 10.8 Å². The zero-order valence-electron chi connectivity index (χ0n) is 11.6. The van der Waals surface area contributed by atoms with Crippen LogP contribution in [0.3, 0.4) is 0 Å². The zero-order valence-corrected chi connectivity index (χ0v) is 12.4. The maximum atomic E-state index is 12.8. The number of hydrogen-bond donors (Lipinski definition) is 0. The summed E-state index contributed by atoms with van der Waals surface area (Å²) < 4.78 is 28.3. The Bertz CT molecular complexity index is 795. The molecule has 21 heavy (non-hydrogen) atoms. The number of hydrogen-bond acceptors (Lipinski definition) is 4. The summed E-state index contributed by atoms with van der Waals surface area (Å²) in [4.78, 5) is 12.1. The number of aryl methyl sites for hydroxylation is 1. The Kier molecular flexibility index (Phi) is 3.29. The van der Waals surface area contributed by atoms with Gasteiger partial charge in [-0.05, 0) is 24.6 Å². The van der Waals surface area contributed by atoms with Crippen LogP contribution in [0.2, 0.25) is 0 Å². The maximum Gasteiger partial charge on any atom is 0.281 e. The fourth-order valence-corrected chi connectivity index (χ4v) is 4.17. The lowest BCUT2D eigenvalue weighted by molar-refractivity contribution is 0.0984. The fourth-order valence-electron chi connectivity index (χ4n) is 2.54. The second-order valence-electron chi connectivity index (χ2n) is 4.91. The lowest BCUT2D eigenvalue weighted by Crippen LogP contribution is -2.33. The number of aromatic nitrogens is 2. The van der Waals surface area contributed by atoms with Crippen molar-refractivity contribution in [2.75, 3.05) is 10.8 Å². The van der Waals surface area contributed by atoms with Gasteiger partial charge in [0.05, 0.1) is 11.9 Å². The van der Waals surface area contributed by atoms with Gasteiger partial charge in [-0.2, -0.15) is 13.5 Å². The molecule has 0 fully saturated rings. The first-order valence-corrected chi connectivity index (χ1v) is 8.09. The van der Waals surface area contributed by atoms with Gasteiger partial charge in [0, 0.05) is 25.6 Å². The number of anilines is 1. The van der Waals surface area contributed by atoms with Crippen molar-refractivity contribution < 1.29 is 13.2 Å². The van der Waals surface area contributed by atoms with E-state index >= 15 is 0 Å². The van der Waals surface area contributed by atoms with Crippen LogP contribution in [0.4, 0.5) is 5.69 Å². The number of rotatable bonds is 2. The van der Waals surface area contributed by atoms with Crippen molar-refractivity contribution in [2.45, 2.75) is 17.9 Å². The zero-order chi connectivity index (χ0) is 15.0. The minimum atomic E-state index is -3.73. The van der Waals surface area contributed by atoms with Crippen LogP contribution in [0.1, 0.15) is 23.2 Å². The summed E-state index contributed by atoms with van der Waals surface area (Å²) in [5, 5.41) is 4.03. The van der Waals surface area contributed by atoms with Gasteiger partial charge in [-0.3, -0.25) is 13.8 Å². The average Bonchev–Trinajstić information content (AvgIpc) is 2.82. The van der Waals surface area contributed by atoms with E-state index in [1.165, 1.54) is 21.3 Å². The van der Waals surface area contributed by atoms with Gasteiger partial charge in [0.2, 0.25) is 0 Å². The van der Waals surface area contributed by atoms with Crippen LogP contribution in [0.25, 0.3) is 0 Å². The topological polar surface area (TPSA) is 72.3 Å². The summed E-state index contributed by atoms with van der Waals surface area (Å²) >= 11 is 0. The standard InChI is InChI=1S/C14H15N3O3S/c1-16-14(8-9-15-16)21(19,20)17-10-4-7-13(18)11-5-2-3-6-12(11)17/h2-3,5-6,8-9H,4,7,10H2,1H3. The van der Waals surface area contributed by atoms with Gasteiger partial charge in [0.1, 0.15) is 0 Å². The number of Topliss-reactive ketones (excluding diaryl/α,β-unsaturated/α-hetero) is 1. The summed E-state index contributed by atoms with van der Waals surface area (Å²) in [6.07, 6.45) is 2.31. The highest BCUT2D eigenvalue weighted by molar-refractivity contribution is 7.92. The van der Waals surface area contributed by atoms with Crippen LogP contribution in [-0.4, -0.2) is 30.5 Å². The van der Waals surface area contributed by atoms with E-state index in [-0.39, 0.29) is 17.4 Å². The number of benzene rings is 1. The van der Waals surface area contributed by atoms with Gasteiger partial charge in [-0.15, -0.1) is 0 Å². The number of sulfonamides is 1. The first-order valence-electron chi connectivity index (χ1n) is 6.65. The van der Waals surface area contributed by atoms with E-state index in [1.54, 1.807) is 31.3 Å². The van der Waals surface area contributed by atoms with Gasteiger partial charge in [-0.25, -0.2) is 0 Å². The molecule has 0 saturated heterocycles. The maximum absolute atomic E-state index is 12.8. The van der Waals surface area contributed by atoms with Crippen molar-refractivity contribution in [3.63, 3.8) is 0 Å². The summed E-state index contributed by atoms with van der Waals surface area (Å²) in [7, 11) is -2.14. The first-order chi connectivity index (χ1) is 10.0. The van der Waals surface area contributed by atoms with Gasteiger partial charge >= 0.3 is 0 Å². The summed E-state index contributed by atoms with van der Waals surface area (Å²) in [6.45, 7) is 0.288. The van der Waals surface area contributed by atoms with Crippen LogP contribution >= 0.6 is 0 Å². The number of para-hydroxylation sites is 1. The Morgan fingerprint density at radius 2 is 1.95 bits per heavy atom. The third-order valence-corrected chi connectivity index (χ3v) is 5.46. The molecule has 0 aliphatic carbocycles. The van der Waals surface area contributed by atoms with Crippen molar-refractivity contribution in [2.24, 2.45) is 7.05 Å². The first kappa shape index (κ1) is 13.8. The molecule has 1 aromatic carbocycles. The van der Waals surface area contributed by atoms with E-state index in [0.717, 1.165) is 0 Å². The Balaban J connectivity index is 2.17. The molecule has 6 nitrogen and oxygen atoms in total. The molecular formula is C14H15N3O3S. The molecule has 1 aliphatic rings. The quantitative estimate of drug-likeness (QED) is 0.844. The molecule has 0 bridgehead atoms. The number of nitrogens with zero attached hydrogens (tertiary/aromatic N) is 3. The molecule has 0 atom stereocenters. The smallest absolute Gasteiger partial charge is 0.281 e. The lowest BCUT2D eigenvalue weighted by Gasteiger charge is -2.23. The fraction of sp³-hybridized carbons (Fsp3) is 0.286. The molecule has 1 aliphatic heterocycles. The molecule has 7 heteroatoms. The van der Waals surface area contributed by atoms with Crippen LogP contribution in [-0.2, 0) is 17.1 Å². The molecule has 0 saturated carbocycles. The highest BCUT2D eigenvalue weighted by atomic mass is 32.2. The molecule has 3 rings (SSSR count). The van der Waals surface area contributed by atoms with E-state index in [9.17, 15) is 13.2 Å². The van der Waals surface area contributed by atoms with E-state index in [1.807, 2.05) is 0 Å². The number of carbonyl (C=O) groups excluding carboxylic acids is 1. The van der Waals surface area contributed by atoms with Crippen molar-refractivity contribution in [3.8, 4) is 0 Å². The predicted molar refractivity (Wildman–Crippen MR) is 77.7 cm³/mol. The molecule has 0 spiro atoms. The molecule has 0 amide bonds. The van der Waals surface area contributed by atoms with Crippen molar-refractivity contribution >= 4 is 21.5 Å². The van der Waals surface area contributed by atoms with Crippen molar-refractivity contribution in [1.82, 2.24) is 9.78 Å². The summed E-state index contributed by atoms with van der Waals surface area (Å²) in [5.41, 5.74) is 0.905. The number of ketones is 1. The van der Waals surface area contributed by atoms with Gasteiger partial charge in [0.25, 0.3) is 10.0 Å². The van der Waals surface area contributed by atoms with Gasteiger partial charge < -0.3 is 0 Å². The summed E-state index contributed by atoms with van der Waals surface area (Å²) in [5.74, 6) is -0.0201. The Hall–Kier alpha value is -2.15. The van der Waals surface area contributed by atoms with Gasteiger partial charge in [-0.1, -0.05) is 12.1 Å². The second kappa shape index (κ2) is 5.00. The molecule has 1 aromatic heterocycles. The molecule has 0 unspecified atom stereocenters. The summed E-state index contributed by atoms with van der Waals surface area (Å²) in [6, 6.07) is 8.30. The SMILES string of the molecule is Cn1nccc1S(=O)(=O)N1CCCC(=O)c2ccccc21. The predicted octanol–water partition coefficient (Wildman–Crippen LogP) is 1.59. The van der Waals surface area contributed by atoms with E-state index in [0.29, 0.717) is 24.1 Å². The lowest BCUT2D eigenvalue weighted by atomic mass is 10.1. The third kappa shape index (κ3) is 2.23. The van der Waals surface area contributed by atoms with E-state index < -0.39 is 10.0 Å².